The third-order valence-electron chi connectivity index (χ3n) is 6.10. The summed E-state index contributed by atoms with van der Waals surface area (Å²) in [7, 11) is 0. The van der Waals surface area contributed by atoms with Crippen LogP contribution in [0.4, 0.5) is 4.79 Å². The molecule has 2 amide bonds. The highest BCUT2D eigenvalue weighted by molar-refractivity contribution is 5.99. The number of rotatable bonds is 6. The first kappa shape index (κ1) is 20.1. The Balaban J connectivity index is 1.13. The van der Waals surface area contributed by atoms with E-state index in [2.05, 4.69) is 34.9 Å². The van der Waals surface area contributed by atoms with Gasteiger partial charge in [0.2, 0.25) is 0 Å². The number of fused-ring (bicyclic) bond motifs is 4. The maximum absolute atomic E-state index is 12.2. The number of nitrogens with one attached hydrogen (secondary N) is 2. The van der Waals surface area contributed by atoms with Gasteiger partial charge in [-0.25, -0.2) is 4.79 Å². The molecule has 2 N–H and O–H groups in total. The molecule has 1 heterocycles. The van der Waals surface area contributed by atoms with Crippen molar-refractivity contribution in [2.45, 2.75) is 18.9 Å². The molecule has 3 aromatic carbocycles. The smallest absolute Gasteiger partial charge is 0.407 e. The van der Waals surface area contributed by atoms with Crippen molar-refractivity contribution in [2.75, 3.05) is 13.2 Å². The lowest BCUT2D eigenvalue weighted by atomic mass is 9.98. The van der Waals surface area contributed by atoms with Crippen molar-refractivity contribution in [3.63, 3.8) is 0 Å². The van der Waals surface area contributed by atoms with E-state index in [-0.39, 0.29) is 11.8 Å². The number of hydrogen-bond acceptors (Lipinski definition) is 3. The Labute approximate surface area is 187 Å². The summed E-state index contributed by atoms with van der Waals surface area (Å²) >= 11 is 0. The molecule has 5 heteroatoms. The fraction of sp³-hybridized carbons (Fsp3) is 0.185. The van der Waals surface area contributed by atoms with Gasteiger partial charge in [-0.15, -0.1) is 0 Å². The summed E-state index contributed by atoms with van der Waals surface area (Å²) in [5.41, 5.74) is 7.63. The van der Waals surface area contributed by atoms with Crippen LogP contribution in [0.5, 0.6) is 0 Å². The molecule has 2 aliphatic rings. The van der Waals surface area contributed by atoms with Crippen LogP contribution in [0.2, 0.25) is 0 Å². The second-order valence-corrected chi connectivity index (χ2v) is 8.00. The highest BCUT2D eigenvalue weighted by atomic mass is 16.5. The first-order valence-electron chi connectivity index (χ1n) is 10.9. The number of alkyl carbamates (subject to hydrolysis) is 1. The quantitative estimate of drug-likeness (QED) is 0.555. The second-order valence-electron chi connectivity index (χ2n) is 8.00. The largest absolute Gasteiger partial charge is 0.449 e. The van der Waals surface area contributed by atoms with Crippen molar-refractivity contribution < 1.29 is 14.3 Å². The Morgan fingerprint density at radius 3 is 2.41 bits per heavy atom. The Hall–Kier alpha value is -3.86. The van der Waals surface area contributed by atoms with Gasteiger partial charge in [-0.05, 0) is 45.9 Å². The summed E-state index contributed by atoms with van der Waals surface area (Å²) in [5.74, 6) is 0.0386. The van der Waals surface area contributed by atoms with Crippen LogP contribution in [-0.2, 0) is 11.3 Å². The number of hydrogen-bond donors (Lipinski definition) is 2. The number of carbonyl (C=O) groups is 2. The van der Waals surface area contributed by atoms with Crippen LogP contribution in [0.3, 0.4) is 0 Å². The first-order valence-corrected chi connectivity index (χ1v) is 10.9. The van der Waals surface area contributed by atoms with E-state index in [1.165, 1.54) is 22.3 Å². The molecule has 0 aromatic heterocycles. The molecule has 1 aliphatic carbocycles. The zero-order valence-electron chi connectivity index (χ0n) is 17.6. The molecule has 1 aliphatic heterocycles. The fourth-order valence-electron chi connectivity index (χ4n) is 4.55. The van der Waals surface area contributed by atoms with Gasteiger partial charge in [0, 0.05) is 24.6 Å². The van der Waals surface area contributed by atoms with Crippen LogP contribution in [0.15, 0.2) is 72.8 Å². The minimum atomic E-state index is -0.407. The second kappa shape index (κ2) is 8.71. The number of amides is 2. The molecule has 0 unspecified atom stereocenters. The zero-order valence-corrected chi connectivity index (χ0v) is 17.6. The molecule has 0 fully saturated rings. The molecule has 32 heavy (non-hydrogen) atoms. The maximum atomic E-state index is 12.2. The van der Waals surface area contributed by atoms with Crippen molar-refractivity contribution in [1.82, 2.24) is 10.6 Å². The molecule has 0 saturated carbocycles. The summed E-state index contributed by atoms with van der Waals surface area (Å²) in [5, 5.41) is 5.67. The van der Waals surface area contributed by atoms with E-state index in [4.69, 9.17) is 4.74 Å². The van der Waals surface area contributed by atoms with Crippen molar-refractivity contribution >= 4 is 18.1 Å². The molecule has 0 spiro atoms. The van der Waals surface area contributed by atoms with Crippen LogP contribution in [-0.4, -0.2) is 25.2 Å². The Bertz CT molecular complexity index is 1170. The first-order chi connectivity index (χ1) is 15.7. The SMILES string of the molecule is O=C(NCCC=Cc1cccc2c1CNC2=O)OCC1c2ccccc2-c2ccccc21. The predicted molar refractivity (Wildman–Crippen MR) is 124 cm³/mol. The molecule has 5 rings (SSSR count). The minimum Gasteiger partial charge on any atom is -0.449 e. The van der Waals surface area contributed by atoms with E-state index in [1.807, 2.05) is 54.6 Å². The molecule has 0 atom stereocenters. The van der Waals surface area contributed by atoms with Crippen LogP contribution in [0.1, 0.15) is 45.0 Å². The Kier molecular flexibility index (Phi) is 5.46. The van der Waals surface area contributed by atoms with Gasteiger partial charge >= 0.3 is 6.09 Å². The lowest BCUT2D eigenvalue weighted by molar-refractivity contribution is 0.0965. The standard InChI is InChI=1S/C27H24N2O3/c30-26-23-14-7-9-18(24(23)16-29-26)8-5-6-15-28-27(31)32-17-25-21-12-3-1-10-19(21)20-11-2-4-13-22(20)25/h1-5,7-14,25H,6,15-17H2,(H,28,31)(H,29,30). The maximum Gasteiger partial charge on any atom is 0.407 e. The monoisotopic (exact) mass is 424 g/mol. The lowest BCUT2D eigenvalue weighted by Gasteiger charge is -2.14. The van der Waals surface area contributed by atoms with Gasteiger partial charge in [-0.1, -0.05) is 72.8 Å². The third-order valence-corrected chi connectivity index (χ3v) is 6.10. The van der Waals surface area contributed by atoms with Crippen LogP contribution >= 0.6 is 0 Å². The van der Waals surface area contributed by atoms with Gasteiger partial charge in [-0.2, -0.15) is 0 Å². The van der Waals surface area contributed by atoms with Gasteiger partial charge < -0.3 is 15.4 Å². The molecule has 0 saturated heterocycles. The number of benzene rings is 3. The zero-order chi connectivity index (χ0) is 21.9. The molecule has 160 valence electrons. The summed E-state index contributed by atoms with van der Waals surface area (Å²) in [6.45, 7) is 1.36. The van der Waals surface area contributed by atoms with Crippen LogP contribution < -0.4 is 10.6 Å². The Morgan fingerprint density at radius 2 is 1.66 bits per heavy atom. The van der Waals surface area contributed by atoms with Gasteiger partial charge in [0.15, 0.2) is 0 Å². The van der Waals surface area contributed by atoms with E-state index >= 15 is 0 Å². The van der Waals surface area contributed by atoms with Crippen molar-refractivity contribution in [2.24, 2.45) is 0 Å². The molecule has 3 aromatic rings. The summed E-state index contributed by atoms with van der Waals surface area (Å²) < 4.78 is 5.56. The van der Waals surface area contributed by atoms with Gasteiger partial charge in [0.1, 0.15) is 6.61 Å². The molecular formula is C27H24N2O3. The summed E-state index contributed by atoms with van der Waals surface area (Å²) in [6, 6.07) is 22.3. The van der Waals surface area contributed by atoms with Crippen molar-refractivity contribution in [3.05, 3.63) is 101 Å². The van der Waals surface area contributed by atoms with Crippen molar-refractivity contribution in [1.29, 1.82) is 0 Å². The average Bonchev–Trinajstić information content (AvgIpc) is 3.36. The third kappa shape index (κ3) is 3.78. The van der Waals surface area contributed by atoms with E-state index in [0.717, 1.165) is 16.7 Å². The summed E-state index contributed by atoms with van der Waals surface area (Å²) in [4.78, 5) is 24.0. The van der Waals surface area contributed by atoms with Crippen LogP contribution in [0, 0.1) is 0 Å². The van der Waals surface area contributed by atoms with E-state index < -0.39 is 6.09 Å². The fourth-order valence-corrected chi connectivity index (χ4v) is 4.55. The molecular weight excluding hydrogens is 400 g/mol. The highest BCUT2D eigenvalue weighted by Crippen LogP contribution is 2.44. The van der Waals surface area contributed by atoms with E-state index in [1.54, 1.807) is 0 Å². The average molecular weight is 425 g/mol. The normalized spacial score (nSPS) is 14.1. The highest BCUT2D eigenvalue weighted by Gasteiger charge is 2.28. The summed E-state index contributed by atoms with van der Waals surface area (Å²) in [6.07, 6.45) is 4.27. The van der Waals surface area contributed by atoms with E-state index in [0.29, 0.717) is 26.1 Å². The molecule has 0 radical (unpaired) electrons. The van der Waals surface area contributed by atoms with Gasteiger partial charge in [0.05, 0.1) is 0 Å². The molecule has 0 bridgehead atoms. The van der Waals surface area contributed by atoms with Crippen LogP contribution in [0.25, 0.3) is 17.2 Å². The predicted octanol–water partition coefficient (Wildman–Crippen LogP) is 4.87. The van der Waals surface area contributed by atoms with E-state index in [9.17, 15) is 9.59 Å². The van der Waals surface area contributed by atoms with Gasteiger partial charge in [0.25, 0.3) is 5.91 Å². The lowest BCUT2D eigenvalue weighted by Crippen LogP contribution is -2.26. The number of carbonyl (C=O) groups excluding carboxylic acids is 2. The topological polar surface area (TPSA) is 67.4 Å². The van der Waals surface area contributed by atoms with Gasteiger partial charge in [-0.3, -0.25) is 4.79 Å². The Morgan fingerprint density at radius 1 is 0.969 bits per heavy atom. The number of ether oxygens (including phenoxy) is 1. The van der Waals surface area contributed by atoms with Crippen molar-refractivity contribution in [3.8, 4) is 11.1 Å². The minimum absolute atomic E-state index is 0.0211. The molecule has 5 nitrogen and oxygen atoms in total.